The van der Waals surface area contributed by atoms with Crippen molar-refractivity contribution in [2.75, 3.05) is 21.3 Å². The zero-order valence-corrected chi connectivity index (χ0v) is 16.1. The van der Waals surface area contributed by atoms with Crippen molar-refractivity contribution in [1.29, 1.82) is 0 Å². The molecule has 0 saturated carbocycles. The summed E-state index contributed by atoms with van der Waals surface area (Å²) < 4.78 is 15.6. The third-order valence-electron chi connectivity index (χ3n) is 3.55. The van der Waals surface area contributed by atoms with Crippen molar-refractivity contribution < 1.29 is 34.0 Å². The number of methoxy groups -OCH3 is 3. The van der Waals surface area contributed by atoms with Crippen molar-refractivity contribution in [3.63, 3.8) is 0 Å². The summed E-state index contributed by atoms with van der Waals surface area (Å²) in [7, 11) is 4.56. The molecule has 150 valence electrons. The molecule has 1 aromatic heterocycles. The first-order valence-electron chi connectivity index (χ1n) is 8.14. The van der Waals surface area contributed by atoms with E-state index in [-0.39, 0.29) is 6.42 Å². The van der Waals surface area contributed by atoms with E-state index in [0.717, 1.165) is 11.6 Å². The van der Waals surface area contributed by atoms with Crippen molar-refractivity contribution >= 4 is 17.5 Å². The van der Waals surface area contributed by atoms with E-state index in [1.807, 2.05) is 0 Å². The number of rotatable bonds is 7. The van der Waals surface area contributed by atoms with Gasteiger partial charge in [0.25, 0.3) is 0 Å². The average Bonchev–Trinajstić information content (AvgIpc) is 2.67. The van der Waals surface area contributed by atoms with Gasteiger partial charge in [0.15, 0.2) is 11.5 Å². The molecular formula is C20H23NO7. The SMILES string of the molecule is COc1cc(OC)c(C(C)=CC(=O)O)cc1OC.O=C(O)Cc1cccnc1. The first kappa shape index (κ1) is 22.5. The maximum Gasteiger partial charge on any atom is 0.328 e. The van der Waals surface area contributed by atoms with Gasteiger partial charge in [0.05, 0.1) is 27.8 Å². The fraction of sp³-hybridized carbons (Fsp3) is 0.250. The third kappa shape index (κ3) is 6.99. The second-order valence-electron chi connectivity index (χ2n) is 5.50. The lowest BCUT2D eigenvalue weighted by Gasteiger charge is -2.14. The van der Waals surface area contributed by atoms with Gasteiger partial charge in [-0.2, -0.15) is 0 Å². The minimum Gasteiger partial charge on any atom is -0.496 e. The predicted molar refractivity (Wildman–Crippen MR) is 103 cm³/mol. The Balaban J connectivity index is 0.000000330. The number of pyridine rings is 1. The highest BCUT2D eigenvalue weighted by atomic mass is 16.5. The molecule has 0 saturated heterocycles. The van der Waals surface area contributed by atoms with Gasteiger partial charge in [-0.05, 0) is 30.2 Å². The molecule has 8 nitrogen and oxygen atoms in total. The number of allylic oxidation sites excluding steroid dienone is 1. The molecule has 0 bridgehead atoms. The quantitative estimate of drug-likeness (QED) is 0.695. The Kier molecular flexibility index (Phi) is 9.02. The number of carbonyl (C=O) groups is 2. The molecular weight excluding hydrogens is 366 g/mol. The molecule has 0 fully saturated rings. The summed E-state index contributed by atoms with van der Waals surface area (Å²) in [6.45, 7) is 1.69. The summed E-state index contributed by atoms with van der Waals surface area (Å²) in [6, 6.07) is 6.80. The molecule has 1 heterocycles. The first-order valence-corrected chi connectivity index (χ1v) is 8.14. The van der Waals surface area contributed by atoms with E-state index in [4.69, 9.17) is 24.4 Å². The first-order chi connectivity index (χ1) is 13.3. The van der Waals surface area contributed by atoms with E-state index in [2.05, 4.69) is 4.98 Å². The Labute approximate surface area is 163 Å². The van der Waals surface area contributed by atoms with E-state index in [0.29, 0.717) is 28.4 Å². The molecule has 0 aliphatic carbocycles. The van der Waals surface area contributed by atoms with Crippen LogP contribution in [0.3, 0.4) is 0 Å². The van der Waals surface area contributed by atoms with Crippen molar-refractivity contribution in [2.45, 2.75) is 13.3 Å². The predicted octanol–water partition coefficient (Wildman–Crippen LogP) is 2.91. The number of aliphatic carboxylic acids is 2. The van der Waals surface area contributed by atoms with Crippen LogP contribution in [0.1, 0.15) is 18.1 Å². The normalized spacial score (nSPS) is 10.4. The van der Waals surface area contributed by atoms with Crippen LogP contribution in [-0.4, -0.2) is 48.5 Å². The van der Waals surface area contributed by atoms with Crippen LogP contribution in [0.15, 0.2) is 42.7 Å². The van der Waals surface area contributed by atoms with Gasteiger partial charge in [-0.1, -0.05) is 6.07 Å². The maximum atomic E-state index is 10.7. The molecule has 0 amide bonds. The molecule has 2 rings (SSSR count). The van der Waals surface area contributed by atoms with Gasteiger partial charge >= 0.3 is 11.9 Å². The number of hydrogen-bond acceptors (Lipinski definition) is 6. The Morgan fingerprint density at radius 2 is 1.64 bits per heavy atom. The third-order valence-corrected chi connectivity index (χ3v) is 3.55. The summed E-state index contributed by atoms with van der Waals surface area (Å²) in [4.78, 5) is 24.6. The van der Waals surface area contributed by atoms with Crippen molar-refractivity contribution in [3.8, 4) is 17.2 Å². The molecule has 0 atom stereocenters. The van der Waals surface area contributed by atoms with Gasteiger partial charge in [0, 0.05) is 30.1 Å². The lowest BCUT2D eigenvalue weighted by molar-refractivity contribution is -0.136. The highest BCUT2D eigenvalue weighted by molar-refractivity contribution is 5.90. The van der Waals surface area contributed by atoms with Crippen molar-refractivity contribution in [2.24, 2.45) is 0 Å². The second-order valence-corrected chi connectivity index (χ2v) is 5.50. The summed E-state index contributed by atoms with van der Waals surface area (Å²) in [5.74, 6) is -0.257. The van der Waals surface area contributed by atoms with Gasteiger partial charge in [-0.15, -0.1) is 0 Å². The lowest BCUT2D eigenvalue weighted by Crippen LogP contribution is -1.99. The number of hydrogen-bond donors (Lipinski definition) is 2. The Bertz CT molecular complexity index is 832. The van der Waals surface area contributed by atoms with Crippen LogP contribution < -0.4 is 14.2 Å². The van der Waals surface area contributed by atoms with Crippen molar-refractivity contribution in [1.82, 2.24) is 4.98 Å². The minimum atomic E-state index is -1.01. The molecule has 0 radical (unpaired) electrons. The highest BCUT2D eigenvalue weighted by Crippen LogP contribution is 2.37. The Morgan fingerprint density at radius 1 is 1.04 bits per heavy atom. The monoisotopic (exact) mass is 389 g/mol. The van der Waals surface area contributed by atoms with Crippen LogP contribution in [0, 0.1) is 0 Å². The topological polar surface area (TPSA) is 115 Å². The standard InChI is InChI=1S/C13H16O5.C7H7NO2/c1-8(5-13(14)15)9-6-11(17-3)12(18-4)7-10(9)16-2;9-7(10)4-6-2-1-3-8-5-6/h5-7H,1-4H3,(H,14,15);1-3,5H,4H2,(H,9,10). The largest absolute Gasteiger partial charge is 0.496 e. The second kappa shape index (κ2) is 11.2. The molecule has 2 aromatic rings. The molecule has 28 heavy (non-hydrogen) atoms. The number of nitrogens with zero attached hydrogens (tertiary/aromatic N) is 1. The van der Waals surface area contributed by atoms with Crippen LogP contribution >= 0.6 is 0 Å². The zero-order chi connectivity index (χ0) is 21.1. The van der Waals surface area contributed by atoms with Crippen LogP contribution in [0.5, 0.6) is 17.2 Å². The minimum absolute atomic E-state index is 0.0494. The summed E-state index contributed by atoms with van der Waals surface area (Å²) >= 11 is 0. The summed E-state index contributed by atoms with van der Waals surface area (Å²) in [5.41, 5.74) is 1.95. The van der Waals surface area contributed by atoms with Crippen LogP contribution in [0.2, 0.25) is 0 Å². The maximum absolute atomic E-state index is 10.7. The van der Waals surface area contributed by atoms with Crippen LogP contribution in [0.25, 0.3) is 5.57 Å². The smallest absolute Gasteiger partial charge is 0.328 e. The van der Waals surface area contributed by atoms with E-state index >= 15 is 0 Å². The van der Waals surface area contributed by atoms with E-state index < -0.39 is 11.9 Å². The highest BCUT2D eigenvalue weighted by Gasteiger charge is 2.13. The van der Waals surface area contributed by atoms with Gasteiger partial charge in [-0.25, -0.2) is 4.79 Å². The number of aromatic nitrogens is 1. The van der Waals surface area contributed by atoms with Gasteiger partial charge in [0.2, 0.25) is 0 Å². The number of carboxylic acid groups (broad SMARTS) is 2. The summed E-state index contributed by atoms with van der Waals surface area (Å²) in [6.07, 6.45) is 4.33. The Morgan fingerprint density at radius 3 is 2.11 bits per heavy atom. The molecule has 0 spiro atoms. The van der Waals surface area contributed by atoms with Gasteiger partial charge in [0.1, 0.15) is 5.75 Å². The van der Waals surface area contributed by atoms with E-state index in [1.165, 1.54) is 21.3 Å². The lowest BCUT2D eigenvalue weighted by atomic mass is 10.0. The van der Waals surface area contributed by atoms with E-state index in [9.17, 15) is 9.59 Å². The van der Waals surface area contributed by atoms with E-state index in [1.54, 1.807) is 43.6 Å². The molecule has 0 aliphatic rings. The number of ether oxygens (including phenoxy) is 3. The van der Waals surface area contributed by atoms with Crippen molar-refractivity contribution in [3.05, 3.63) is 53.9 Å². The molecule has 0 aliphatic heterocycles. The molecule has 1 aromatic carbocycles. The molecule has 0 unspecified atom stereocenters. The average molecular weight is 389 g/mol. The van der Waals surface area contributed by atoms with Gasteiger partial charge in [-0.3, -0.25) is 9.78 Å². The fourth-order valence-electron chi connectivity index (χ4n) is 2.28. The fourth-order valence-corrected chi connectivity index (χ4v) is 2.28. The molecule has 2 N–H and O–H groups in total. The zero-order valence-electron chi connectivity index (χ0n) is 16.1. The van der Waals surface area contributed by atoms with Crippen LogP contribution in [-0.2, 0) is 16.0 Å². The summed E-state index contributed by atoms with van der Waals surface area (Å²) in [5, 5.41) is 17.1. The Hall–Kier alpha value is -3.55. The van der Waals surface area contributed by atoms with Gasteiger partial charge < -0.3 is 24.4 Å². The number of benzene rings is 1. The van der Waals surface area contributed by atoms with Crippen LogP contribution in [0.4, 0.5) is 0 Å². The molecule has 8 heteroatoms. The number of carboxylic acids is 2.